The molecule has 0 amide bonds. The van der Waals surface area contributed by atoms with Crippen molar-refractivity contribution in [1.29, 1.82) is 0 Å². The molecule has 0 aromatic heterocycles. The number of aliphatic carboxylic acids is 1. The minimum absolute atomic E-state index is 0.146. The first kappa shape index (κ1) is 16.9. The third-order valence-electron chi connectivity index (χ3n) is 3.96. The Hall–Kier alpha value is -2.92. The number of hydrogen-bond acceptors (Lipinski definition) is 4. The van der Waals surface area contributed by atoms with Gasteiger partial charge in [0.05, 0.1) is 0 Å². The van der Waals surface area contributed by atoms with Crippen molar-refractivity contribution < 1.29 is 19.5 Å². The van der Waals surface area contributed by atoms with Crippen LogP contribution >= 0.6 is 11.6 Å². The van der Waals surface area contributed by atoms with Crippen molar-refractivity contribution in [3.05, 3.63) is 82.0 Å². The Balaban J connectivity index is 1.92. The summed E-state index contributed by atoms with van der Waals surface area (Å²) in [6, 6.07) is 14.2. The van der Waals surface area contributed by atoms with Gasteiger partial charge in [-0.2, -0.15) is 0 Å². The van der Waals surface area contributed by atoms with E-state index in [0.29, 0.717) is 0 Å². The number of rotatable bonds is 5. The van der Waals surface area contributed by atoms with E-state index in [1.165, 1.54) is 12.1 Å². The van der Waals surface area contributed by atoms with Gasteiger partial charge in [0.1, 0.15) is 16.8 Å². The van der Waals surface area contributed by atoms with E-state index in [4.69, 9.17) is 11.6 Å². The Kier molecular flexibility index (Phi) is 4.67. The van der Waals surface area contributed by atoms with Crippen molar-refractivity contribution in [1.82, 2.24) is 5.32 Å². The zero-order valence-electron chi connectivity index (χ0n) is 13.0. The fourth-order valence-electron chi connectivity index (χ4n) is 2.70. The number of benzene rings is 2. The summed E-state index contributed by atoms with van der Waals surface area (Å²) in [4.78, 5) is 36.6. The first-order valence-corrected chi connectivity index (χ1v) is 7.98. The van der Waals surface area contributed by atoms with Gasteiger partial charge < -0.3 is 10.4 Å². The van der Waals surface area contributed by atoms with Gasteiger partial charge in [0.25, 0.3) is 0 Å². The molecule has 0 spiro atoms. The molecule has 0 fully saturated rings. The molecule has 126 valence electrons. The molecule has 0 saturated heterocycles. The Morgan fingerprint density at radius 1 is 0.960 bits per heavy atom. The molecule has 1 aliphatic carbocycles. The van der Waals surface area contributed by atoms with Gasteiger partial charge in [0.15, 0.2) is 0 Å². The van der Waals surface area contributed by atoms with Gasteiger partial charge >= 0.3 is 5.97 Å². The minimum atomic E-state index is -1.14. The van der Waals surface area contributed by atoms with Gasteiger partial charge in [-0.25, -0.2) is 4.79 Å². The first-order valence-electron chi connectivity index (χ1n) is 7.60. The summed E-state index contributed by atoms with van der Waals surface area (Å²) in [5, 5.41) is 11.8. The average molecular weight is 356 g/mol. The van der Waals surface area contributed by atoms with Gasteiger partial charge in [-0.15, -0.1) is 0 Å². The normalized spacial score (nSPS) is 14.9. The second-order valence-electron chi connectivity index (χ2n) is 5.62. The largest absolute Gasteiger partial charge is 0.480 e. The standard InChI is InChI=1S/C19H14ClNO4/c20-15-16(18(23)13-9-5-4-8-12(13)17(15)22)21-14(19(24)25)10-11-6-2-1-3-7-11/h1-9,14,21H,10H2,(H,24,25). The van der Waals surface area contributed by atoms with E-state index in [1.807, 2.05) is 6.07 Å². The summed E-state index contributed by atoms with van der Waals surface area (Å²) in [5.74, 6) is -2.12. The van der Waals surface area contributed by atoms with E-state index in [2.05, 4.69) is 5.32 Å². The molecule has 0 radical (unpaired) electrons. The molecule has 2 N–H and O–H groups in total. The second kappa shape index (κ2) is 6.91. The van der Waals surface area contributed by atoms with Gasteiger partial charge in [-0.05, 0) is 5.56 Å². The number of carbonyl (C=O) groups excluding carboxylic acids is 2. The van der Waals surface area contributed by atoms with E-state index in [1.54, 1.807) is 36.4 Å². The number of allylic oxidation sites excluding steroid dienone is 2. The monoisotopic (exact) mass is 355 g/mol. The Morgan fingerprint density at radius 3 is 2.12 bits per heavy atom. The van der Waals surface area contributed by atoms with Crippen LogP contribution < -0.4 is 5.32 Å². The lowest BCUT2D eigenvalue weighted by molar-refractivity contribution is -0.139. The molecule has 0 saturated carbocycles. The maximum atomic E-state index is 12.6. The van der Waals surface area contributed by atoms with Crippen LogP contribution in [0.2, 0.25) is 0 Å². The van der Waals surface area contributed by atoms with Crippen LogP contribution in [0.1, 0.15) is 26.3 Å². The van der Waals surface area contributed by atoms with Crippen LogP contribution in [-0.2, 0) is 11.2 Å². The molecule has 0 heterocycles. The molecule has 3 rings (SSSR count). The second-order valence-corrected chi connectivity index (χ2v) is 6.00. The SMILES string of the molecule is O=C1C(Cl)=C(NC(Cc2ccccc2)C(=O)O)C(=O)c2ccccc21. The fraction of sp³-hybridized carbons (Fsp3) is 0.105. The molecular weight excluding hydrogens is 342 g/mol. The van der Waals surface area contributed by atoms with E-state index >= 15 is 0 Å². The Morgan fingerprint density at radius 2 is 1.52 bits per heavy atom. The molecule has 5 nitrogen and oxygen atoms in total. The maximum absolute atomic E-state index is 12.6. The van der Waals surface area contributed by atoms with E-state index in [-0.39, 0.29) is 28.3 Å². The fourth-order valence-corrected chi connectivity index (χ4v) is 2.94. The molecule has 25 heavy (non-hydrogen) atoms. The maximum Gasteiger partial charge on any atom is 0.326 e. The summed E-state index contributed by atoms with van der Waals surface area (Å²) in [6.45, 7) is 0. The number of ketones is 2. The molecule has 1 unspecified atom stereocenters. The van der Waals surface area contributed by atoms with Gasteiger partial charge in [0.2, 0.25) is 11.6 Å². The van der Waals surface area contributed by atoms with Crippen molar-refractivity contribution >= 4 is 29.1 Å². The van der Waals surface area contributed by atoms with Crippen LogP contribution in [0.5, 0.6) is 0 Å². The smallest absolute Gasteiger partial charge is 0.326 e. The van der Waals surface area contributed by atoms with Crippen LogP contribution in [0.3, 0.4) is 0 Å². The van der Waals surface area contributed by atoms with E-state index in [0.717, 1.165) is 5.56 Å². The third kappa shape index (κ3) is 3.32. The van der Waals surface area contributed by atoms with Gasteiger partial charge in [0, 0.05) is 17.5 Å². The summed E-state index contributed by atoms with van der Waals surface area (Å²) < 4.78 is 0. The molecule has 1 atom stereocenters. The topological polar surface area (TPSA) is 83.5 Å². The number of carbonyl (C=O) groups is 3. The van der Waals surface area contributed by atoms with Crippen molar-refractivity contribution in [2.24, 2.45) is 0 Å². The van der Waals surface area contributed by atoms with Crippen molar-refractivity contribution in [3.8, 4) is 0 Å². The highest BCUT2D eigenvalue weighted by atomic mass is 35.5. The number of carboxylic acid groups (broad SMARTS) is 1. The minimum Gasteiger partial charge on any atom is -0.480 e. The third-order valence-corrected chi connectivity index (χ3v) is 4.32. The van der Waals surface area contributed by atoms with Crippen molar-refractivity contribution in [3.63, 3.8) is 0 Å². The van der Waals surface area contributed by atoms with E-state index in [9.17, 15) is 19.5 Å². The molecule has 1 aliphatic rings. The number of carboxylic acids is 1. The summed E-state index contributed by atoms with van der Waals surface area (Å²) >= 11 is 6.06. The quantitative estimate of drug-likeness (QED) is 0.861. The number of hydrogen-bond donors (Lipinski definition) is 2. The molecule has 2 aromatic rings. The molecular formula is C19H14ClNO4. The van der Waals surface area contributed by atoms with Crippen molar-refractivity contribution in [2.75, 3.05) is 0 Å². The summed E-state index contributed by atoms with van der Waals surface area (Å²) in [5.41, 5.74) is 1.05. The highest BCUT2D eigenvalue weighted by Crippen LogP contribution is 2.27. The van der Waals surface area contributed by atoms with Gasteiger partial charge in [-0.3, -0.25) is 9.59 Å². The van der Waals surface area contributed by atoms with Crippen LogP contribution in [-0.4, -0.2) is 28.7 Å². The lowest BCUT2D eigenvalue weighted by atomic mass is 9.92. The molecule has 6 heteroatoms. The molecule has 0 aliphatic heterocycles. The predicted octanol–water partition coefficient (Wildman–Crippen LogP) is 2.80. The van der Waals surface area contributed by atoms with Crippen LogP contribution in [0.25, 0.3) is 0 Å². The van der Waals surface area contributed by atoms with Crippen LogP contribution in [0, 0.1) is 0 Å². The van der Waals surface area contributed by atoms with Crippen LogP contribution in [0.4, 0.5) is 0 Å². The summed E-state index contributed by atoms with van der Waals surface area (Å²) in [6.07, 6.45) is 0.146. The summed E-state index contributed by atoms with van der Waals surface area (Å²) in [7, 11) is 0. The van der Waals surface area contributed by atoms with Crippen LogP contribution in [0.15, 0.2) is 65.3 Å². The Bertz CT molecular complexity index is 889. The Labute approximate surface area is 148 Å². The van der Waals surface area contributed by atoms with E-state index < -0.39 is 23.6 Å². The zero-order valence-corrected chi connectivity index (χ0v) is 13.8. The molecule has 2 aromatic carbocycles. The number of Topliss-reactive ketones (excluding diaryl/α,β-unsaturated/α-hetero) is 2. The number of halogens is 1. The lowest BCUT2D eigenvalue weighted by Crippen LogP contribution is -2.42. The highest BCUT2D eigenvalue weighted by molar-refractivity contribution is 6.49. The number of fused-ring (bicyclic) bond motifs is 1. The van der Waals surface area contributed by atoms with Gasteiger partial charge in [-0.1, -0.05) is 66.2 Å². The highest BCUT2D eigenvalue weighted by Gasteiger charge is 2.33. The number of nitrogens with one attached hydrogen (secondary N) is 1. The first-order chi connectivity index (χ1) is 12.0. The van der Waals surface area contributed by atoms with Crippen molar-refractivity contribution in [2.45, 2.75) is 12.5 Å². The lowest BCUT2D eigenvalue weighted by Gasteiger charge is -2.22. The average Bonchev–Trinajstić information content (AvgIpc) is 2.63. The zero-order chi connectivity index (χ0) is 18.0. The molecule has 0 bridgehead atoms. The predicted molar refractivity (Wildman–Crippen MR) is 92.7 cm³/mol.